The van der Waals surface area contributed by atoms with Gasteiger partial charge in [-0.15, -0.1) is 0 Å². The molecule has 110 valence electrons. The third-order valence-corrected chi connectivity index (χ3v) is 2.55. The molecule has 0 saturated heterocycles. The van der Waals surface area contributed by atoms with E-state index >= 15 is 0 Å². The van der Waals surface area contributed by atoms with Crippen LogP contribution in [0.4, 0.5) is 0 Å². The van der Waals surface area contributed by atoms with Crippen molar-refractivity contribution in [1.82, 2.24) is 5.32 Å². The lowest BCUT2D eigenvalue weighted by atomic mass is 10.1. The van der Waals surface area contributed by atoms with E-state index in [0.29, 0.717) is 17.2 Å². The maximum absolute atomic E-state index is 11.6. The summed E-state index contributed by atoms with van der Waals surface area (Å²) in [6.07, 6.45) is 3.17. The summed E-state index contributed by atoms with van der Waals surface area (Å²) in [5.41, 5.74) is 0.790. The number of carbonyl (C=O) groups is 1. The predicted molar refractivity (Wildman–Crippen MR) is 78.4 cm³/mol. The molecule has 0 aliphatic carbocycles. The van der Waals surface area contributed by atoms with Gasteiger partial charge in [-0.25, -0.2) is 0 Å². The average molecular weight is 279 g/mol. The molecule has 0 spiro atoms. The first kappa shape index (κ1) is 15.9. The molecule has 5 heteroatoms. The average Bonchev–Trinajstić information content (AvgIpc) is 2.42. The van der Waals surface area contributed by atoms with Gasteiger partial charge in [0, 0.05) is 12.1 Å². The molecule has 0 aromatic heterocycles. The van der Waals surface area contributed by atoms with Gasteiger partial charge in [0.2, 0.25) is 11.7 Å². The van der Waals surface area contributed by atoms with Gasteiger partial charge in [-0.1, -0.05) is 0 Å². The molecule has 0 saturated carbocycles. The van der Waals surface area contributed by atoms with Gasteiger partial charge >= 0.3 is 0 Å². The number of hydrogen-bond donors (Lipinski definition) is 1. The SMILES string of the molecule is COc1cc(C=CC(=O)NC(C)C)cc(OC)c1OC. The first-order chi connectivity index (χ1) is 9.51. The Balaban J connectivity index is 3.02. The number of hydrogen-bond acceptors (Lipinski definition) is 4. The van der Waals surface area contributed by atoms with E-state index in [0.717, 1.165) is 5.56 Å². The molecular weight excluding hydrogens is 258 g/mol. The fourth-order valence-electron chi connectivity index (χ4n) is 1.70. The lowest BCUT2D eigenvalue weighted by Crippen LogP contribution is -2.28. The van der Waals surface area contributed by atoms with Gasteiger partial charge in [0.15, 0.2) is 11.5 Å². The molecular formula is C15H21NO4. The molecule has 1 rings (SSSR count). The molecule has 0 fully saturated rings. The van der Waals surface area contributed by atoms with E-state index in [9.17, 15) is 4.79 Å². The van der Waals surface area contributed by atoms with Crippen LogP contribution in [0.25, 0.3) is 6.08 Å². The van der Waals surface area contributed by atoms with Gasteiger partial charge in [0.25, 0.3) is 0 Å². The van der Waals surface area contributed by atoms with E-state index in [-0.39, 0.29) is 11.9 Å². The number of rotatable bonds is 6. The zero-order valence-electron chi connectivity index (χ0n) is 12.5. The van der Waals surface area contributed by atoms with Crippen molar-refractivity contribution in [2.24, 2.45) is 0 Å². The van der Waals surface area contributed by atoms with E-state index in [1.165, 1.54) is 6.08 Å². The maximum Gasteiger partial charge on any atom is 0.244 e. The second kappa shape index (κ2) is 7.43. The number of benzene rings is 1. The molecule has 0 atom stereocenters. The Kier molecular flexibility index (Phi) is 5.90. The van der Waals surface area contributed by atoms with Crippen molar-refractivity contribution in [2.75, 3.05) is 21.3 Å². The maximum atomic E-state index is 11.6. The molecule has 1 aromatic carbocycles. The van der Waals surface area contributed by atoms with Crippen LogP contribution in [0.3, 0.4) is 0 Å². The van der Waals surface area contributed by atoms with E-state index in [1.807, 2.05) is 13.8 Å². The Labute approximate surface area is 119 Å². The molecule has 1 aromatic rings. The molecule has 0 aliphatic rings. The summed E-state index contributed by atoms with van der Waals surface area (Å²) in [5.74, 6) is 1.49. The standard InChI is InChI=1S/C15H21NO4/c1-10(2)16-14(17)7-6-11-8-12(18-3)15(20-5)13(9-11)19-4/h6-10H,1-5H3,(H,16,17). The highest BCUT2D eigenvalue weighted by Crippen LogP contribution is 2.38. The molecule has 0 unspecified atom stereocenters. The summed E-state index contributed by atoms with van der Waals surface area (Å²) >= 11 is 0. The summed E-state index contributed by atoms with van der Waals surface area (Å²) in [6.45, 7) is 3.82. The Hall–Kier alpha value is -2.17. The fraction of sp³-hybridized carbons (Fsp3) is 0.400. The number of ether oxygens (including phenoxy) is 3. The van der Waals surface area contributed by atoms with Crippen LogP contribution in [0.2, 0.25) is 0 Å². The van der Waals surface area contributed by atoms with Gasteiger partial charge in [-0.05, 0) is 37.6 Å². The van der Waals surface area contributed by atoms with Crippen LogP contribution in [0, 0.1) is 0 Å². The molecule has 1 N–H and O–H groups in total. The third-order valence-electron chi connectivity index (χ3n) is 2.55. The summed E-state index contributed by atoms with van der Waals surface area (Å²) in [6, 6.07) is 3.66. The molecule has 20 heavy (non-hydrogen) atoms. The monoisotopic (exact) mass is 279 g/mol. The zero-order chi connectivity index (χ0) is 15.1. The van der Waals surface area contributed by atoms with Gasteiger partial charge in [0.1, 0.15) is 0 Å². The summed E-state index contributed by atoms with van der Waals surface area (Å²) in [7, 11) is 4.65. The van der Waals surface area contributed by atoms with Crippen LogP contribution in [0.1, 0.15) is 19.4 Å². The second-order valence-corrected chi connectivity index (χ2v) is 4.46. The van der Waals surface area contributed by atoms with Gasteiger partial charge < -0.3 is 19.5 Å². The van der Waals surface area contributed by atoms with E-state index < -0.39 is 0 Å². The number of amides is 1. The van der Waals surface area contributed by atoms with Crippen molar-refractivity contribution in [1.29, 1.82) is 0 Å². The predicted octanol–water partition coefficient (Wildman–Crippen LogP) is 2.25. The lowest BCUT2D eigenvalue weighted by Gasteiger charge is -2.12. The minimum atomic E-state index is -0.145. The van der Waals surface area contributed by atoms with E-state index in [4.69, 9.17) is 14.2 Å². The highest BCUT2D eigenvalue weighted by molar-refractivity contribution is 5.92. The minimum absolute atomic E-state index is 0.104. The van der Waals surface area contributed by atoms with E-state index in [2.05, 4.69) is 5.32 Å². The van der Waals surface area contributed by atoms with Crippen LogP contribution in [-0.4, -0.2) is 33.3 Å². The van der Waals surface area contributed by atoms with Crippen LogP contribution >= 0.6 is 0 Å². The Morgan fingerprint density at radius 3 is 2.05 bits per heavy atom. The summed E-state index contributed by atoms with van der Waals surface area (Å²) < 4.78 is 15.7. The van der Waals surface area contributed by atoms with Crippen LogP contribution in [-0.2, 0) is 4.79 Å². The Morgan fingerprint density at radius 1 is 1.10 bits per heavy atom. The third kappa shape index (κ3) is 4.19. The second-order valence-electron chi connectivity index (χ2n) is 4.46. The number of nitrogens with one attached hydrogen (secondary N) is 1. The molecule has 0 radical (unpaired) electrons. The topological polar surface area (TPSA) is 56.8 Å². The molecule has 0 heterocycles. The Morgan fingerprint density at radius 2 is 1.65 bits per heavy atom. The normalized spacial score (nSPS) is 10.7. The largest absolute Gasteiger partial charge is 0.493 e. The smallest absolute Gasteiger partial charge is 0.244 e. The van der Waals surface area contributed by atoms with Crippen molar-refractivity contribution in [2.45, 2.75) is 19.9 Å². The summed E-state index contributed by atoms with van der Waals surface area (Å²) in [4.78, 5) is 11.6. The van der Waals surface area contributed by atoms with Gasteiger partial charge in [-0.3, -0.25) is 4.79 Å². The highest BCUT2D eigenvalue weighted by atomic mass is 16.5. The van der Waals surface area contributed by atoms with Gasteiger partial charge in [0.05, 0.1) is 21.3 Å². The molecule has 5 nitrogen and oxygen atoms in total. The van der Waals surface area contributed by atoms with Crippen molar-refractivity contribution < 1.29 is 19.0 Å². The van der Waals surface area contributed by atoms with Gasteiger partial charge in [-0.2, -0.15) is 0 Å². The summed E-state index contributed by atoms with van der Waals surface area (Å²) in [5, 5.41) is 2.78. The number of carbonyl (C=O) groups excluding carboxylic acids is 1. The zero-order valence-corrected chi connectivity index (χ0v) is 12.5. The lowest BCUT2D eigenvalue weighted by molar-refractivity contribution is -0.116. The van der Waals surface area contributed by atoms with Crippen molar-refractivity contribution >= 4 is 12.0 Å². The molecule has 1 amide bonds. The Bertz CT molecular complexity index is 470. The van der Waals surface area contributed by atoms with Crippen LogP contribution in [0.15, 0.2) is 18.2 Å². The number of methoxy groups -OCH3 is 3. The molecule has 0 aliphatic heterocycles. The van der Waals surface area contributed by atoms with E-state index in [1.54, 1.807) is 39.5 Å². The molecule has 0 bridgehead atoms. The quantitative estimate of drug-likeness (QED) is 0.811. The van der Waals surface area contributed by atoms with Crippen molar-refractivity contribution in [3.8, 4) is 17.2 Å². The van der Waals surface area contributed by atoms with Crippen LogP contribution < -0.4 is 19.5 Å². The first-order valence-corrected chi connectivity index (χ1v) is 6.30. The minimum Gasteiger partial charge on any atom is -0.493 e. The fourth-order valence-corrected chi connectivity index (χ4v) is 1.70. The van der Waals surface area contributed by atoms with Crippen molar-refractivity contribution in [3.63, 3.8) is 0 Å². The van der Waals surface area contributed by atoms with Crippen molar-refractivity contribution in [3.05, 3.63) is 23.8 Å². The van der Waals surface area contributed by atoms with Crippen LogP contribution in [0.5, 0.6) is 17.2 Å². The highest BCUT2D eigenvalue weighted by Gasteiger charge is 2.12. The first-order valence-electron chi connectivity index (χ1n) is 6.30.